The lowest BCUT2D eigenvalue weighted by Crippen LogP contribution is -2.46. The van der Waals surface area contributed by atoms with Crippen LogP contribution < -0.4 is 0 Å². The number of epoxide rings is 1. The maximum atomic E-state index is 15.3. The van der Waals surface area contributed by atoms with E-state index in [0.717, 1.165) is 11.4 Å². The number of aliphatic hydroxyl groups excluding tert-OH is 2. The molecule has 0 amide bonds. The van der Waals surface area contributed by atoms with Crippen molar-refractivity contribution in [3.63, 3.8) is 0 Å². The molecule has 2 aliphatic heterocycles. The van der Waals surface area contributed by atoms with E-state index in [0.29, 0.717) is 18.5 Å². The molecule has 1 aromatic rings. The molecule has 0 bridgehead atoms. The molecule has 3 rings (SSSR count). The number of aromatic nitrogens is 1. The number of ketones is 1. The monoisotopic (exact) mass is 537 g/mol. The normalized spacial score (nSPS) is 35.9. The summed E-state index contributed by atoms with van der Waals surface area (Å²) in [6, 6.07) is 0. The first-order valence-corrected chi connectivity index (χ1v) is 13.8. The van der Waals surface area contributed by atoms with Crippen molar-refractivity contribution in [2.45, 2.75) is 103 Å². The van der Waals surface area contributed by atoms with Crippen molar-refractivity contribution >= 4 is 29.2 Å². The minimum atomic E-state index is -1.38. The van der Waals surface area contributed by atoms with Gasteiger partial charge in [0.15, 0.2) is 6.10 Å². The molecule has 2 aliphatic rings. The molecule has 2 N–H and O–H groups in total. The summed E-state index contributed by atoms with van der Waals surface area (Å²) in [6.45, 7) is 12.5. The Bertz CT molecular complexity index is 1020. The Hall–Kier alpha value is -1.94. The number of halogens is 1. The Morgan fingerprint density at radius 1 is 1.32 bits per heavy atom. The standard InChI is InChI=1S/C28H40FNO6S/c1-7-9-19-25(33)16(2)10-8-11-28(6)23(36-28)13-21(20(29)12-18-15-37-17(3)30-18)35-24(32)14-22(31)27(4,5)26(19)34/h7,12,15-16,19,21-23,25,31,33H,1,8-11,13-14H2,2-6H3/b20-12-/t16-,19-,21+,22+,23+,25-,28-/m1/s1. The van der Waals surface area contributed by atoms with E-state index in [4.69, 9.17) is 9.47 Å². The average Bonchev–Trinajstić information content (AvgIpc) is 3.27. The van der Waals surface area contributed by atoms with Gasteiger partial charge in [-0.3, -0.25) is 9.59 Å². The number of aryl methyl sites for hydroxylation is 1. The van der Waals surface area contributed by atoms with E-state index in [9.17, 15) is 19.8 Å². The summed E-state index contributed by atoms with van der Waals surface area (Å²) in [4.78, 5) is 30.6. The lowest BCUT2D eigenvalue weighted by Gasteiger charge is -2.35. The van der Waals surface area contributed by atoms with Gasteiger partial charge in [0, 0.05) is 17.7 Å². The SMILES string of the molecule is C=CC[C@H]1C(=O)C(C)(C)[C@@H](O)CC(=O)O[C@H](/C(F)=C/c2csc(C)n2)C[C@@H]2O[C@]2(C)CCC[C@@H](C)[C@H]1O. The lowest BCUT2D eigenvalue weighted by atomic mass is 9.71. The van der Waals surface area contributed by atoms with Gasteiger partial charge in [0.05, 0.1) is 46.5 Å². The van der Waals surface area contributed by atoms with Crippen molar-refractivity contribution in [3.8, 4) is 0 Å². The average molecular weight is 538 g/mol. The Morgan fingerprint density at radius 2 is 2.03 bits per heavy atom. The Morgan fingerprint density at radius 3 is 2.65 bits per heavy atom. The number of nitrogens with zero attached hydrogens (tertiary/aromatic N) is 1. The largest absolute Gasteiger partial charge is 0.455 e. The summed E-state index contributed by atoms with van der Waals surface area (Å²) in [5.74, 6) is -2.75. The van der Waals surface area contributed by atoms with Gasteiger partial charge in [-0.25, -0.2) is 9.37 Å². The Labute approximate surface area is 222 Å². The van der Waals surface area contributed by atoms with Gasteiger partial charge >= 0.3 is 5.97 Å². The number of cyclic esters (lactones) is 1. The van der Waals surface area contributed by atoms with Gasteiger partial charge in [-0.2, -0.15) is 0 Å². The van der Waals surface area contributed by atoms with Crippen LogP contribution in [0.15, 0.2) is 23.9 Å². The molecule has 2 fully saturated rings. The van der Waals surface area contributed by atoms with E-state index in [1.807, 2.05) is 20.8 Å². The first kappa shape index (κ1) is 29.6. The minimum Gasteiger partial charge on any atom is -0.455 e. The molecule has 7 nitrogen and oxygen atoms in total. The van der Waals surface area contributed by atoms with Crippen LogP contribution in [-0.4, -0.2) is 57.0 Å². The third kappa shape index (κ3) is 7.13. The molecular weight excluding hydrogens is 497 g/mol. The van der Waals surface area contributed by atoms with Crippen LogP contribution in [-0.2, 0) is 19.1 Å². The number of ether oxygens (including phenoxy) is 2. The number of aliphatic hydroxyl groups is 2. The molecular formula is C28H40FNO6S. The highest BCUT2D eigenvalue weighted by atomic mass is 32.1. The Kier molecular flexibility index (Phi) is 9.48. The number of carbonyl (C=O) groups is 2. The van der Waals surface area contributed by atoms with Crippen LogP contribution in [0.1, 0.15) is 76.9 Å². The number of rotatable bonds is 4. The molecule has 0 spiro atoms. The highest BCUT2D eigenvalue weighted by Crippen LogP contribution is 2.45. The van der Waals surface area contributed by atoms with Gasteiger partial charge in [0.25, 0.3) is 0 Å². The highest BCUT2D eigenvalue weighted by molar-refractivity contribution is 7.09. The van der Waals surface area contributed by atoms with Crippen LogP contribution in [0.5, 0.6) is 0 Å². The molecule has 37 heavy (non-hydrogen) atoms. The fourth-order valence-corrected chi connectivity index (χ4v) is 5.66. The van der Waals surface area contributed by atoms with Gasteiger partial charge in [-0.1, -0.05) is 33.3 Å². The number of hydrogen-bond donors (Lipinski definition) is 2. The quantitative estimate of drug-likeness (QED) is 0.318. The van der Waals surface area contributed by atoms with Gasteiger partial charge in [-0.05, 0) is 45.1 Å². The van der Waals surface area contributed by atoms with Crippen molar-refractivity contribution in [1.29, 1.82) is 0 Å². The number of esters is 1. The van der Waals surface area contributed by atoms with Gasteiger partial charge < -0.3 is 19.7 Å². The van der Waals surface area contributed by atoms with Crippen molar-refractivity contribution < 1.29 is 33.7 Å². The van der Waals surface area contributed by atoms with Gasteiger partial charge in [0.2, 0.25) is 0 Å². The third-order valence-corrected chi connectivity index (χ3v) is 8.67. The molecule has 1 aromatic heterocycles. The van der Waals surface area contributed by atoms with E-state index in [1.54, 1.807) is 25.3 Å². The summed E-state index contributed by atoms with van der Waals surface area (Å²) in [7, 11) is 0. The summed E-state index contributed by atoms with van der Waals surface area (Å²) in [5, 5.41) is 24.5. The molecule has 0 saturated carbocycles. The molecule has 0 aliphatic carbocycles. The second-order valence-electron chi connectivity index (χ2n) is 11.3. The van der Waals surface area contributed by atoms with Crippen LogP contribution in [0.2, 0.25) is 0 Å². The van der Waals surface area contributed by atoms with Crippen molar-refractivity contribution in [1.82, 2.24) is 4.98 Å². The molecule has 9 heteroatoms. The minimum absolute atomic E-state index is 0.131. The number of fused-ring (bicyclic) bond motifs is 1. The summed E-state index contributed by atoms with van der Waals surface area (Å²) >= 11 is 1.39. The van der Waals surface area contributed by atoms with Crippen LogP contribution in [0, 0.1) is 24.2 Å². The number of hydrogen-bond acceptors (Lipinski definition) is 8. The predicted octanol–water partition coefficient (Wildman–Crippen LogP) is 4.94. The molecule has 2 saturated heterocycles. The summed E-state index contributed by atoms with van der Waals surface area (Å²) in [6.07, 6.45) is 1.04. The third-order valence-electron chi connectivity index (χ3n) is 7.88. The first-order valence-electron chi connectivity index (χ1n) is 13.0. The number of Topliss-reactive ketones (excluding diaryl/α,β-unsaturated/α-hetero) is 1. The van der Waals surface area contributed by atoms with E-state index in [-0.39, 0.29) is 30.6 Å². The van der Waals surface area contributed by atoms with Crippen LogP contribution in [0.4, 0.5) is 4.39 Å². The van der Waals surface area contributed by atoms with Crippen molar-refractivity contribution in [2.24, 2.45) is 17.3 Å². The molecule has 0 radical (unpaired) electrons. The molecule has 3 heterocycles. The maximum absolute atomic E-state index is 15.3. The lowest BCUT2D eigenvalue weighted by molar-refractivity contribution is -0.155. The number of allylic oxidation sites excluding steroid dienone is 1. The predicted molar refractivity (Wildman–Crippen MR) is 140 cm³/mol. The van der Waals surface area contributed by atoms with Gasteiger partial charge in [0.1, 0.15) is 11.6 Å². The van der Waals surface area contributed by atoms with Crippen molar-refractivity contribution in [2.75, 3.05) is 0 Å². The van der Waals surface area contributed by atoms with Crippen LogP contribution in [0.25, 0.3) is 6.08 Å². The zero-order chi connectivity index (χ0) is 27.5. The highest BCUT2D eigenvalue weighted by Gasteiger charge is 2.53. The first-order chi connectivity index (χ1) is 17.3. The van der Waals surface area contributed by atoms with Crippen LogP contribution >= 0.6 is 11.3 Å². The van der Waals surface area contributed by atoms with Crippen molar-refractivity contribution in [3.05, 3.63) is 34.6 Å². The Balaban J connectivity index is 1.88. The second kappa shape index (κ2) is 11.8. The fourth-order valence-electron chi connectivity index (χ4n) is 5.09. The number of carbonyl (C=O) groups excluding carboxylic acids is 2. The summed E-state index contributed by atoms with van der Waals surface area (Å²) in [5.41, 5.74) is -1.39. The zero-order valence-corrected chi connectivity index (χ0v) is 23.2. The van der Waals surface area contributed by atoms with E-state index in [2.05, 4.69) is 11.6 Å². The number of thiazole rings is 1. The van der Waals surface area contributed by atoms with E-state index >= 15 is 4.39 Å². The van der Waals surface area contributed by atoms with Crippen LogP contribution in [0.3, 0.4) is 0 Å². The molecule has 0 aromatic carbocycles. The maximum Gasteiger partial charge on any atom is 0.309 e. The molecule has 7 atom stereocenters. The summed E-state index contributed by atoms with van der Waals surface area (Å²) < 4.78 is 26.8. The topological polar surface area (TPSA) is 109 Å². The molecule has 0 unspecified atom stereocenters. The van der Waals surface area contributed by atoms with E-state index in [1.165, 1.54) is 17.4 Å². The van der Waals surface area contributed by atoms with Gasteiger partial charge in [-0.15, -0.1) is 17.9 Å². The smallest absolute Gasteiger partial charge is 0.309 e. The second-order valence-corrected chi connectivity index (χ2v) is 12.3. The fraction of sp³-hybridized carbons (Fsp3) is 0.679. The zero-order valence-electron chi connectivity index (χ0n) is 22.4. The van der Waals surface area contributed by atoms with E-state index < -0.39 is 53.5 Å². The molecule has 206 valence electrons.